The van der Waals surface area contributed by atoms with Crippen LogP contribution >= 0.6 is 11.6 Å². The Morgan fingerprint density at radius 3 is 2.83 bits per heavy atom. The SMILES string of the molecule is CNC(Cc1nnn(C)n1)c1cccc(Cl)c1C. The third-order valence-corrected chi connectivity index (χ3v) is 3.38. The van der Waals surface area contributed by atoms with Crippen LogP contribution in [0.5, 0.6) is 0 Å². The molecule has 1 N–H and O–H groups in total. The van der Waals surface area contributed by atoms with Crippen LogP contribution in [0.2, 0.25) is 5.02 Å². The zero-order chi connectivity index (χ0) is 13.1. The standard InChI is InChI=1S/C12H16ClN5/c1-8-9(5-4-6-10(8)13)11(14-2)7-12-15-17-18(3)16-12/h4-6,11,14H,7H2,1-3H3. The maximum atomic E-state index is 6.15. The van der Waals surface area contributed by atoms with E-state index in [9.17, 15) is 0 Å². The lowest BCUT2D eigenvalue weighted by Gasteiger charge is -2.17. The van der Waals surface area contributed by atoms with Gasteiger partial charge in [-0.25, -0.2) is 0 Å². The minimum atomic E-state index is 0.132. The predicted octanol–water partition coefficient (Wildman–Crippen LogP) is 1.68. The number of benzene rings is 1. The summed E-state index contributed by atoms with van der Waals surface area (Å²) in [5.74, 6) is 0.719. The summed E-state index contributed by atoms with van der Waals surface area (Å²) < 4.78 is 0. The van der Waals surface area contributed by atoms with E-state index in [2.05, 4.69) is 26.8 Å². The fourth-order valence-corrected chi connectivity index (χ4v) is 2.14. The molecule has 0 amide bonds. The van der Waals surface area contributed by atoms with Crippen molar-refractivity contribution in [2.75, 3.05) is 7.05 Å². The summed E-state index contributed by atoms with van der Waals surface area (Å²) >= 11 is 6.15. The van der Waals surface area contributed by atoms with Gasteiger partial charge in [0.05, 0.1) is 7.05 Å². The van der Waals surface area contributed by atoms with Crippen molar-refractivity contribution in [3.05, 3.63) is 40.2 Å². The van der Waals surface area contributed by atoms with Crippen molar-refractivity contribution in [1.29, 1.82) is 0 Å². The molecular weight excluding hydrogens is 250 g/mol. The van der Waals surface area contributed by atoms with Crippen LogP contribution in [-0.4, -0.2) is 27.3 Å². The van der Waals surface area contributed by atoms with E-state index in [0.717, 1.165) is 22.0 Å². The Morgan fingerprint density at radius 2 is 2.22 bits per heavy atom. The molecular formula is C12H16ClN5. The van der Waals surface area contributed by atoms with E-state index in [1.807, 2.05) is 26.1 Å². The van der Waals surface area contributed by atoms with Gasteiger partial charge in [0.15, 0.2) is 5.82 Å². The van der Waals surface area contributed by atoms with E-state index >= 15 is 0 Å². The quantitative estimate of drug-likeness (QED) is 0.914. The number of nitrogens with one attached hydrogen (secondary N) is 1. The number of nitrogens with zero attached hydrogens (tertiary/aromatic N) is 4. The van der Waals surface area contributed by atoms with Crippen molar-refractivity contribution >= 4 is 11.6 Å². The molecule has 0 fully saturated rings. The summed E-state index contributed by atoms with van der Waals surface area (Å²) in [5.41, 5.74) is 2.25. The van der Waals surface area contributed by atoms with Crippen molar-refractivity contribution in [1.82, 2.24) is 25.5 Å². The molecule has 1 atom stereocenters. The average molecular weight is 266 g/mol. The first-order valence-corrected chi connectivity index (χ1v) is 6.14. The number of hydrogen-bond donors (Lipinski definition) is 1. The molecule has 0 radical (unpaired) electrons. The first-order valence-electron chi connectivity index (χ1n) is 5.77. The van der Waals surface area contributed by atoms with Crippen LogP contribution in [0.15, 0.2) is 18.2 Å². The van der Waals surface area contributed by atoms with Crippen LogP contribution in [0.25, 0.3) is 0 Å². The summed E-state index contributed by atoms with van der Waals surface area (Å²) in [6.45, 7) is 2.02. The Kier molecular flexibility index (Phi) is 3.93. The molecule has 0 spiro atoms. The van der Waals surface area contributed by atoms with E-state index in [0.29, 0.717) is 6.42 Å². The van der Waals surface area contributed by atoms with Crippen molar-refractivity contribution in [3.63, 3.8) is 0 Å². The van der Waals surface area contributed by atoms with Gasteiger partial charge in [0.25, 0.3) is 0 Å². The molecule has 0 saturated heterocycles. The van der Waals surface area contributed by atoms with Crippen LogP contribution in [0.4, 0.5) is 0 Å². The monoisotopic (exact) mass is 265 g/mol. The van der Waals surface area contributed by atoms with Gasteiger partial charge in [0.2, 0.25) is 0 Å². The number of halogens is 1. The number of likely N-dealkylation sites (N-methyl/N-ethyl adjacent to an activating group) is 1. The third kappa shape index (κ3) is 2.68. The summed E-state index contributed by atoms with van der Waals surface area (Å²) in [6.07, 6.45) is 0.686. The second kappa shape index (κ2) is 5.46. The molecule has 0 aliphatic carbocycles. The summed E-state index contributed by atoms with van der Waals surface area (Å²) in [7, 11) is 3.68. The molecule has 1 heterocycles. The maximum absolute atomic E-state index is 6.15. The lowest BCUT2D eigenvalue weighted by molar-refractivity contribution is 0.567. The Hall–Kier alpha value is -1.46. The Balaban J connectivity index is 2.25. The highest BCUT2D eigenvalue weighted by Gasteiger charge is 2.16. The van der Waals surface area contributed by atoms with Gasteiger partial charge >= 0.3 is 0 Å². The number of aryl methyl sites for hydroxylation is 1. The smallest absolute Gasteiger partial charge is 0.176 e. The van der Waals surface area contributed by atoms with Gasteiger partial charge in [-0.15, -0.1) is 10.2 Å². The molecule has 0 bridgehead atoms. The predicted molar refractivity (Wildman–Crippen MR) is 70.5 cm³/mol. The molecule has 5 nitrogen and oxygen atoms in total. The maximum Gasteiger partial charge on any atom is 0.176 e. The summed E-state index contributed by atoms with van der Waals surface area (Å²) in [5, 5.41) is 16.1. The van der Waals surface area contributed by atoms with Gasteiger partial charge in [-0.3, -0.25) is 0 Å². The van der Waals surface area contributed by atoms with Crippen LogP contribution in [0.1, 0.15) is 23.0 Å². The fourth-order valence-electron chi connectivity index (χ4n) is 1.96. The van der Waals surface area contributed by atoms with Crippen LogP contribution in [0, 0.1) is 6.92 Å². The zero-order valence-corrected chi connectivity index (χ0v) is 11.4. The van der Waals surface area contributed by atoms with E-state index in [-0.39, 0.29) is 6.04 Å². The van der Waals surface area contributed by atoms with Crippen molar-refractivity contribution < 1.29 is 0 Å². The third-order valence-electron chi connectivity index (χ3n) is 2.97. The van der Waals surface area contributed by atoms with Crippen LogP contribution in [0.3, 0.4) is 0 Å². The normalized spacial score (nSPS) is 12.7. The number of tetrazole rings is 1. The summed E-state index contributed by atoms with van der Waals surface area (Å²) in [6, 6.07) is 6.05. The van der Waals surface area contributed by atoms with Crippen LogP contribution < -0.4 is 5.32 Å². The second-order valence-electron chi connectivity index (χ2n) is 4.19. The molecule has 2 rings (SSSR count). The number of hydrogen-bond acceptors (Lipinski definition) is 4. The molecule has 2 aromatic rings. The van der Waals surface area contributed by atoms with Gasteiger partial charge < -0.3 is 5.32 Å². The highest BCUT2D eigenvalue weighted by atomic mass is 35.5. The topological polar surface area (TPSA) is 55.6 Å². The van der Waals surface area contributed by atoms with Crippen molar-refractivity contribution in [2.45, 2.75) is 19.4 Å². The van der Waals surface area contributed by atoms with Gasteiger partial charge in [0.1, 0.15) is 0 Å². The van der Waals surface area contributed by atoms with Gasteiger partial charge in [-0.1, -0.05) is 23.7 Å². The number of rotatable bonds is 4. The Bertz CT molecular complexity index is 537. The van der Waals surface area contributed by atoms with E-state index < -0.39 is 0 Å². The minimum absolute atomic E-state index is 0.132. The highest BCUT2D eigenvalue weighted by molar-refractivity contribution is 6.31. The summed E-state index contributed by atoms with van der Waals surface area (Å²) in [4.78, 5) is 1.47. The van der Waals surface area contributed by atoms with Crippen LogP contribution in [-0.2, 0) is 13.5 Å². The molecule has 96 valence electrons. The van der Waals surface area contributed by atoms with Gasteiger partial charge in [0, 0.05) is 17.5 Å². The van der Waals surface area contributed by atoms with Crippen molar-refractivity contribution in [2.24, 2.45) is 7.05 Å². The Morgan fingerprint density at radius 1 is 1.44 bits per heavy atom. The molecule has 0 aliphatic heterocycles. The molecule has 18 heavy (non-hydrogen) atoms. The molecule has 1 unspecified atom stereocenters. The molecule has 1 aromatic carbocycles. The Labute approximate surface area is 111 Å². The average Bonchev–Trinajstić information content (AvgIpc) is 2.76. The van der Waals surface area contributed by atoms with Gasteiger partial charge in [-0.2, -0.15) is 4.80 Å². The molecule has 0 aliphatic rings. The fraction of sp³-hybridized carbons (Fsp3) is 0.417. The van der Waals surface area contributed by atoms with Crippen molar-refractivity contribution in [3.8, 4) is 0 Å². The minimum Gasteiger partial charge on any atom is -0.313 e. The number of aromatic nitrogens is 4. The molecule has 1 aromatic heterocycles. The molecule has 0 saturated carbocycles. The highest BCUT2D eigenvalue weighted by Crippen LogP contribution is 2.25. The lowest BCUT2D eigenvalue weighted by atomic mass is 9.98. The molecule has 6 heteroatoms. The van der Waals surface area contributed by atoms with E-state index in [1.165, 1.54) is 4.80 Å². The van der Waals surface area contributed by atoms with E-state index in [4.69, 9.17) is 11.6 Å². The zero-order valence-electron chi connectivity index (χ0n) is 10.7. The largest absolute Gasteiger partial charge is 0.313 e. The first-order chi connectivity index (χ1) is 8.61. The van der Waals surface area contributed by atoms with Gasteiger partial charge in [-0.05, 0) is 36.4 Å². The first kappa shape index (κ1) is 13.0. The van der Waals surface area contributed by atoms with E-state index in [1.54, 1.807) is 7.05 Å². The lowest BCUT2D eigenvalue weighted by Crippen LogP contribution is -2.20. The second-order valence-corrected chi connectivity index (χ2v) is 4.60.